The third kappa shape index (κ3) is 2.92. The SMILES string of the molecule is COc1cccc(NCc2ccc(Br)s2)c1N. The monoisotopic (exact) mass is 312 g/mol. The number of anilines is 2. The first-order valence-corrected chi connectivity index (χ1v) is 6.72. The van der Waals surface area contributed by atoms with E-state index in [9.17, 15) is 0 Å². The number of ether oxygens (including phenoxy) is 1. The lowest BCUT2D eigenvalue weighted by atomic mass is 10.2. The fraction of sp³-hybridized carbons (Fsp3) is 0.167. The van der Waals surface area contributed by atoms with Gasteiger partial charge in [-0.2, -0.15) is 0 Å². The second-order valence-corrected chi connectivity index (χ2v) is 6.03. The number of hydrogen-bond donors (Lipinski definition) is 2. The number of benzene rings is 1. The molecule has 0 unspecified atom stereocenters. The van der Waals surface area contributed by atoms with Gasteiger partial charge in [-0.3, -0.25) is 0 Å². The van der Waals surface area contributed by atoms with Crippen LogP contribution in [0.2, 0.25) is 0 Å². The van der Waals surface area contributed by atoms with E-state index in [1.54, 1.807) is 18.4 Å². The van der Waals surface area contributed by atoms with Gasteiger partial charge in [0, 0.05) is 11.4 Å². The highest BCUT2D eigenvalue weighted by Crippen LogP contribution is 2.30. The van der Waals surface area contributed by atoms with Crippen LogP contribution in [0.3, 0.4) is 0 Å². The van der Waals surface area contributed by atoms with Crippen molar-refractivity contribution in [2.24, 2.45) is 0 Å². The highest BCUT2D eigenvalue weighted by Gasteiger charge is 2.05. The molecule has 17 heavy (non-hydrogen) atoms. The van der Waals surface area contributed by atoms with Crippen molar-refractivity contribution in [1.82, 2.24) is 0 Å². The van der Waals surface area contributed by atoms with Crippen molar-refractivity contribution >= 4 is 38.6 Å². The maximum Gasteiger partial charge on any atom is 0.143 e. The number of nitrogens with two attached hydrogens (primary N) is 1. The normalized spacial score (nSPS) is 10.2. The number of rotatable bonds is 4. The second-order valence-electron chi connectivity index (χ2n) is 3.48. The molecule has 0 atom stereocenters. The molecular formula is C12H13BrN2OS. The van der Waals surface area contributed by atoms with Crippen molar-refractivity contribution in [3.05, 3.63) is 39.0 Å². The van der Waals surface area contributed by atoms with Crippen LogP contribution in [0.1, 0.15) is 4.88 Å². The lowest BCUT2D eigenvalue weighted by Crippen LogP contribution is -2.02. The molecule has 0 aliphatic heterocycles. The fourth-order valence-corrected chi connectivity index (χ4v) is 2.93. The Hall–Kier alpha value is -1.20. The predicted octanol–water partition coefficient (Wildman–Crippen LogP) is 3.71. The van der Waals surface area contributed by atoms with Crippen molar-refractivity contribution in [2.75, 3.05) is 18.2 Å². The summed E-state index contributed by atoms with van der Waals surface area (Å²) in [4.78, 5) is 1.25. The van der Waals surface area contributed by atoms with Crippen LogP contribution in [-0.2, 0) is 6.54 Å². The standard InChI is InChI=1S/C12H13BrN2OS/c1-16-10-4-2-3-9(12(10)14)15-7-8-5-6-11(13)17-8/h2-6,15H,7,14H2,1H3. The van der Waals surface area contributed by atoms with Crippen molar-refractivity contribution in [3.8, 4) is 5.75 Å². The number of nitrogens with one attached hydrogen (secondary N) is 1. The van der Waals surface area contributed by atoms with Gasteiger partial charge in [-0.05, 0) is 40.2 Å². The average molecular weight is 313 g/mol. The van der Waals surface area contributed by atoms with E-state index in [1.807, 2.05) is 24.3 Å². The number of nitrogen functional groups attached to an aromatic ring is 1. The molecule has 1 heterocycles. The molecule has 0 fully saturated rings. The Bertz CT molecular complexity index is 513. The van der Waals surface area contributed by atoms with Crippen LogP contribution in [0.25, 0.3) is 0 Å². The molecule has 2 aromatic rings. The fourth-order valence-electron chi connectivity index (χ4n) is 1.51. The molecule has 3 N–H and O–H groups in total. The number of thiophene rings is 1. The van der Waals surface area contributed by atoms with Gasteiger partial charge in [0.2, 0.25) is 0 Å². The Labute approximate surface area is 113 Å². The highest BCUT2D eigenvalue weighted by atomic mass is 79.9. The van der Waals surface area contributed by atoms with Crippen LogP contribution in [0, 0.1) is 0 Å². The summed E-state index contributed by atoms with van der Waals surface area (Å²) in [5.74, 6) is 0.697. The first-order valence-electron chi connectivity index (χ1n) is 5.11. The van der Waals surface area contributed by atoms with Crippen LogP contribution in [0.4, 0.5) is 11.4 Å². The van der Waals surface area contributed by atoms with E-state index >= 15 is 0 Å². The van der Waals surface area contributed by atoms with E-state index in [0.29, 0.717) is 11.4 Å². The van der Waals surface area contributed by atoms with Crippen LogP contribution in [-0.4, -0.2) is 7.11 Å². The van der Waals surface area contributed by atoms with Gasteiger partial charge in [0.05, 0.1) is 22.3 Å². The molecule has 0 saturated carbocycles. The minimum atomic E-state index is 0.644. The molecule has 0 spiro atoms. The number of hydrogen-bond acceptors (Lipinski definition) is 4. The average Bonchev–Trinajstić information content (AvgIpc) is 2.74. The van der Waals surface area contributed by atoms with Crippen LogP contribution in [0.15, 0.2) is 34.1 Å². The van der Waals surface area contributed by atoms with E-state index in [1.165, 1.54) is 4.88 Å². The van der Waals surface area contributed by atoms with Crippen LogP contribution < -0.4 is 15.8 Å². The summed E-state index contributed by atoms with van der Waals surface area (Å²) >= 11 is 5.15. The molecule has 0 bridgehead atoms. The first kappa shape index (κ1) is 12.3. The third-order valence-electron chi connectivity index (χ3n) is 2.37. The van der Waals surface area contributed by atoms with Crippen LogP contribution >= 0.6 is 27.3 Å². The molecule has 3 nitrogen and oxygen atoms in total. The topological polar surface area (TPSA) is 47.3 Å². The minimum Gasteiger partial charge on any atom is -0.495 e. The van der Waals surface area contributed by atoms with Gasteiger partial charge in [0.25, 0.3) is 0 Å². The van der Waals surface area contributed by atoms with E-state index in [4.69, 9.17) is 10.5 Å². The van der Waals surface area contributed by atoms with E-state index in [-0.39, 0.29) is 0 Å². The smallest absolute Gasteiger partial charge is 0.143 e. The zero-order chi connectivity index (χ0) is 12.3. The summed E-state index contributed by atoms with van der Waals surface area (Å²) in [7, 11) is 1.62. The van der Waals surface area contributed by atoms with Gasteiger partial charge in [-0.1, -0.05) is 6.07 Å². The highest BCUT2D eigenvalue weighted by molar-refractivity contribution is 9.11. The maximum atomic E-state index is 5.97. The van der Waals surface area contributed by atoms with Crippen molar-refractivity contribution < 1.29 is 4.74 Å². The van der Waals surface area contributed by atoms with Gasteiger partial charge in [-0.15, -0.1) is 11.3 Å². The summed E-state index contributed by atoms with van der Waals surface area (Å²) in [6, 6.07) is 9.83. The van der Waals surface area contributed by atoms with Crippen molar-refractivity contribution in [3.63, 3.8) is 0 Å². The van der Waals surface area contributed by atoms with Crippen molar-refractivity contribution in [1.29, 1.82) is 0 Å². The molecule has 1 aromatic carbocycles. The largest absolute Gasteiger partial charge is 0.495 e. The Kier molecular flexibility index (Phi) is 3.91. The Morgan fingerprint density at radius 2 is 2.18 bits per heavy atom. The second kappa shape index (κ2) is 5.42. The van der Waals surface area contributed by atoms with E-state index < -0.39 is 0 Å². The molecular weight excluding hydrogens is 300 g/mol. The molecule has 0 amide bonds. The minimum absolute atomic E-state index is 0.644. The molecule has 90 valence electrons. The number of halogens is 1. The lowest BCUT2D eigenvalue weighted by molar-refractivity contribution is 0.417. The van der Waals surface area contributed by atoms with Crippen molar-refractivity contribution in [2.45, 2.75) is 6.54 Å². The lowest BCUT2D eigenvalue weighted by Gasteiger charge is -2.11. The summed E-state index contributed by atoms with van der Waals surface area (Å²) < 4.78 is 6.30. The summed E-state index contributed by atoms with van der Waals surface area (Å²) in [5.41, 5.74) is 7.51. The molecule has 2 rings (SSSR count). The van der Waals surface area contributed by atoms with Gasteiger partial charge in [0.1, 0.15) is 5.75 Å². The zero-order valence-electron chi connectivity index (χ0n) is 9.37. The molecule has 0 saturated heterocycles. The Morgan fingerprint density at radius 1 is 1.35 bits per heavy atom. The van der Waals surface area contributed by atoms with Gasteiger partial charge in [0.15, 0.2) is 0 Å². The maximum absolute atomic E-state index is 5.97. The van der Waals surface area contributed by atoms with E-state index in [2.05, 4.69) is 27.3 Å². The Balaban J connectivity index is 2.09. The number of para-hydroxylation sites is 1. The predicted molar refractivity (Wildman–Crippen MR) is 76.8 cm³/mol. The first-order chi connectivity index (χ1) is 8.20. The third-order valence-corrected chi connectivity index (χ3v) is 3.99. The number of methoxy groups -OCH3 is 1. The summed E-state index contributed by atoms with van der Waals surface area (Å²) in [6.45, 7) is 0.758. The summed E-state index contributed by atoms with van der Waals surface area (Å²) in [6.07, 6.45) is 0. The Morgan fingerprint density at radius 3 is 2.82 bits per heavy atom. The van der Waals surface area contributed by atoms with Gasteiger partial charge < -0.3 is 15.8 Å². The van der Waals surface area contributed by atoms with E-state index in [0.717, 1.165) is 16.0 Å². The van der Waals surface area contributed by atoms with Crippen LogP contribution in [0.5, 0.6) is 5.75 Å². The quantitative estimate of drug-likeness (QED) is 0.846. The zero-order valence-corrected chi connectivity index (χ0v) is 11.8. The summed E-state index contributed by atoms with van der Waals surface area (Å²) in [5, 5.41) is 3.30. The molecule has 0 aliphatic carbocycles. The molecule has 5 heteroatoms. The molecule has 1 aromatic heterocycles. The van der Waals surface area contributed by atoms with Gasteiger partial charge in [-0.25, -0.2) is 0 Å². The van der Waals surface area contributed by atoms with Gasteiger partial charge >= 0.3 is 0 Å². The molecule has 0 radical (unpaired) electrons. The molecule has 0 aliphatic rings.